The van der Waals surface area contributed by atoms with Crippen LogP contribution in [0, 0.1) is 18.3 Å². The fraction of sp³-hybridized carbons (Fsp3) is 0.733. The molecule has 1 saturated carbocycles. The van der Waals surface area contributed by atoms with Gasteiger partial charge in [0.25, 0.3) is 0 Å². The first kappa shape index (κ1) is 12.1. The van der Waals surface area contributed by atoms with Crippen LogP contribution < -0.4 is 5.73 Å². The molecule has 0 spiro atoms. The van der Waals surface area contributed by atoms with E-state index in [1.54, 1.807) is 0 Å². The van der Waals surface area contributed by atoms with Crippen molar-refractivity contribution in [3.63, 3.8) is 0 Å². The maximum atomic E-state index is 5.79. The van der Waals surface area contributed by atoms with Crippen molar-refractivity contribution >= 4 is 0 Å². The second-order valence-electron chi connectivity index (χ2n) is 6.68. The van der Waals surface area contributed by atoms with E-state index in [0.717, 1.165) is 25.2 Å². The molecule has 2 unspecified atom stereocenters. The maximum absolute atomic E-state index is 5.79. The van der Waals surface area contributed by atoms with E-state index in [9.17, 15) is 0 Å². The van der Waals surface area contributed by atoms with Gasteiger partial charge in [-0.15, -0.1) is 0 Å². The van der Waals surface area contributed by atoms with Crippen molar-refractivity contribution in [2.75, 3.05) is 6.54 Å². The average molecular weight is 245 g/mol. The SMILES string of the molecule is Cc1nc(C2CC2(C)C)nc2c1CC(CN)CC2. The summed E-state index contributed by atoms with van der Waals surface area (Å²) in [5, 5.41) is 0. The first-order chi connectivity index (χ1) is 8.51. The molecular weight excluding hydrogens is 222 g/mol. The third-order valence-electron chi connectivity index (χ3n) is 4.76. The Labute approximate surface area is 109 Å². The first-order valence-corrected chi connectivity index (χ1v) is 7.07. The molecule has 2 aliphatic carbocycles. The molecule has 0 aliphatic heterocycles. The number of nitrogens with two attached hydrogens (primary N) is 1. The molecular formula is C15H23N3. The van der Waals surface area contributed by atoms with Gasteiger partial charge >= 0.3 is 0 Å². The second-order valence-corrected chi connectivity index (χ2v) is 6.68. The van der Waals surface area contributed by atoms with Crippen molar-refractivity contribution in [2.24, 2.45) is 17.1 Å². The molecule has 3 rings (SSSR count). The van der Waals surface area contributed by atoms with Crippen LogP contribution in [-0.4, -0.2) is 16.5 Å². The predicted molar refractivity (Wildman–Crippen MR) is 72.5 cm³/mol. The van der Waals surface area contributed by atoms with Gasteiger partial charge in [0.05, 0.1) is 0 Å². The Morgan fingerprint density at radius 1 is 1.33 bits per heavy atom. The second kappa shape index (κ2) is 4.02. The van der Waals surface area contributed by atoms with Gasteiger partial charge in [-0.25, -0.2) is 9.97 Å². The first-order valence-electron chi connectivity index (χ1n) is 7.07. The van der Waals surface area contributed by atoms with E-state index >= 15 is 0 Å². The highest BCUT2D eigenvalue weighted by Gasteiger charge is 2.48. The van der Waals surface area contributed by atoms with Gasteiger partial charge in [-0.3, -0.25) is 0 Å². The number of hydrogen-bond acceptors (Lipinski definition) is 3. The zero-order valence-corrected chi connectivity index (χ0v) is 11.7. The molecule has 98 valence electrons. The molecule has 1 aromatic heterocycles. The summed E-state index contributed by atoms with van der Waals surface area (Å²) in [6.07, 6.45) is 4.58. The molecule has 18 heavy (non-hydrogen) atoms. The van der Waals surface area contributed by atoms with Crippen LogP contribution in [0.1, 0.15) is 55.4 Å². The summed E-state index contributed by atoms with van der Waals surface area (Å²) in [6.45, 7) is 7.54. The Bertz CT molecular complexity index is 479. The van der Waals surface area contributed by atoms with Crippen molar-refractivity contribution in [3.8, 4) is 0 Å². The highest BCUT2D eigenvalue weighted by atomic mass is 14.9. The van der Waals surface area contributed by atoms with E-state index in [0.29, 0.717) is 17.3 Å². The molecule has 2 atom stereocenters. The summed E-state index contributed by atoms with van der Waals surface area (Å²) in [6, 6.07) is 0. The van der Waals surface area contributed by atoms with Gasteiger partial charge in [-0.05, 0) is 56.0 Å². The van der Waals surface area contributed by atoms with Crippen LogP contribution in [-0.2, 0) is 12.8 Å². The Kier molecular flexibility index (Phi) is 2.70. The average Bonchev–Trinajstić information content (AvgIpc) is 2.98. The van der Waals surface area contributed by atoms with Crippen LogP contribution in [0.4, 0.5) is 0 Å². The van der Waals surface area contributed by atoms with E-state index in [-0.39, 0.29) is 0 Å². The van der Waals surface area contributed by atoms with Gasteiger partial charge in [0.1, 0.15) is 5.82 Å². The van der Waals surface area contributed by atoms with Crippen LogP contribution >= 0.6 is 0 Å². The molecule has 1 heterocycles. The van der Waals surface area contributed by atoms with Gasteiger partial charge in [0, 0.05) is 17.3 Å². The molecule has 2 aliphatic rings. The molecule has 2 N–H and O–H groups in total. The number of aryl methyl sites for hydroxylation is 2. The van der Waals surface area contributed by atoms with Gasteiger partial charge < -0.3 is 5.73 Å². The third kappa shape index (κ3) is 1.95. The fourth-order valence-electron chi connectivity index (χ4n) is 3.15. The number of aromatic nitrogens is 2. The third-order valence-corrected chi connectivity index (χ3v) is 4.76. The molecule has 3 heteroatoms. The van der Waals surface area contributed by atoms with Gasteiger partial charge in [-0.2, -0.15) is 0 Å². The number of nitrogens with zero attached hydrogens (tertiary/aromatic N) is 2. The van der Waals surface area contributed by atoms with Crippen molar-refractivity contribution in [1.29, 1.82) is 0 Å². The Balaban J connectivity index is 1.92. The summed E-state index contributed by atoms with van der Waals surface area (Å²) in [5.74, 6) is 2.29. The van der Waals surface area contributed by atoms with E-state index in [4.69, 9.17) is 15.7 Å². The predicted octanol–water partition coefficient (Wildman–Crippen LogP) is 2.36. The van der Waals surface area contributed by atoms with Crippen molar-refractivity contribution in [1.82, 2.24) is 9.97 Å². The van der Waals surface area contributed by atoms with E-state index in [2.05, 4.69) is 20.8 Å². The quantitative estimate of drug-likeness (QED) is 0.870. The lowest BCUT2D eigenvalue weighted by atomic mass is 9.86. The van der Waals surface area contributed by atoms with Gasteiger partial charge in [0.2, 0.25) is 0 Å². The van der Waals surface area contributed by atoms with Crippen molar-refractivity contribution in [3.05, 3.63) is 22.8 Å². The fourth-order valence-corrected chi connectivity index (χ4v) is 3.15. The topological polar surface area (TPSA) is 51.8 Å². The smallest absolute Gasteiger partial charge is 0.132 e. The molecule has 0 bridgehead atoms. The molecule has 1 fully saturated rings. The molecule has 0 aromatic carbocycles. The van der Waals surface area contributed by atoms with Crippen LogP contribution in [0.2, 0.25) is 0 Å². The largest absolute Gasteiger partial charge is 0.330 e. The molecule has 1 aromatic rings. The minimum atomic E-state index is 0.412. The lowest BCUT2D eigenvalue weighted by Crippen LogP contribution is -2.24. The Morgan fingerprint density at radius 2 is 2.06 bits per heavy atom. The Morgan fingerprint density at radius 3 is 2.67 bits per heavy atom. The van der Waals surface area contributed by atoms with Crippen LogP contribution in [0.25, 0.3) is 0 Å². The summed E-state index contributed by atoms with van der Waals surface area (Å²) in [5.41, 5.74) is 10.1. The highest BCUT2D eigenvalue weighted by molar-refractivity contribution is 5.30. The van der Waals surface area contributed by atoms with Crippen LogP contribution in [0.5, 0.6) is 0 Å². The summed E-state index contributed by atoms with van der Waals surface area (Å²) in [7, 11) is 0. The minimum Gasteiger partial charge on any atom is -0.330 e. The number of fused-ring (bicyclic) bond motifs is 1. The summed E-state index contributed by atoms with van der Waals surface area (Å²) >= 11 is 0. The zero-order valence-electron chi connectivity index (χ0n) is 11.7. The molecule has 0 saturated heterocycles. The summed E-state index contributed by atoms with van der Waals surface area (Å²) in [4.78, 5) is 9.61. The lowest BCUT2D eigenvalue weighted by Gasteiger charge is -2.24. The van der Waals surface area contributed by atoms with E-state index in [1.165, 1.54) is 29.8 Å². The van der Waals surface area contributed by atoms with Gasteiger partial charge in [-0.1, -0.05) is 13.8 Å². The number of rotatable bonds is 2. The zero-order chi connectivity index (χ0) is 12.9. The highest BCUT2D eigenvalue weighted by Crippen LogP contribution is 2.57. The van der Waals surface area contributed by atoms with Crippen molar-refractivity contribution in [2.45, 2.75) is 52.4 Å². The normalized spacial score (nSPS) is 28.9. The molecule has 0 amide bonds. The van der Waals surface area contributed by atoms with E-state index < -0.39 is 0 Å². The van der Waals surface area contributed by atoms with Gasteiger partial charge in [0.15, 0.2) is 0 Å². The number of hydrogen-bond donors (Lipinski definition) is 1. The monoisotopic (exact) mass is 245 g/mol. The van der Waals surface area contributed by atoms with E-state index in [1.807, 2.05) is 0 Å². The standard InChI is InChI=1S/C15H23N3/c1-9-11-6-10(8-16)4-5-13(11)18-14(17-9)12-7-15(12,2)3/h10,12H,4-8,16H2,1-3H3. The lowest BCUT2D eigenvalue weighted by molar-refractivity contribution is 0.457. The molecule has 0 radical (unpaired) electrons. The van der Waals surface area contributed by atoms with Crippen LogP contribution in [0.15, 0.2) is 0 Å². The maximum Gasteiger partial charge on any atom is 0.132 e. The summed E-state index contributed by atoms with van der Waals surface area (Å²) < 4.78 is 0. The minimum absolute atomic E-state index is 0.412. The Hall–Kier alpha value is -0.960. The van der Waals surface area contributed by atoms with Crippen LogP contribution in [0.3, 0.4) is 0 Å². The van der Waals surface area contributed by atoms with Crippen molar-refractivity contribution < 1.29 is 0 Å². The molecule has 3 nitrogen and oxygen atoms in total.